The zero-order valence-corrected chi connectivity index (χ0v) is 12.4. The Kier molecular flexibility index (Phi) is 3.65. The largest absolute Gasteiger partial charge is 0.497 e. The quantitative estimate of drug-likeness (QED) is 0.633. The van der Waals surface area contributed by atoms with Crippen molar-refractivity contribution in [3.05, 3.63) is 63.2 Å². The first-order valence-electron chi connectivity index (χ1n) is 7.02. The third kappa shape index (κ3) is 2.48. The fourth-order valence-corrected chi connectivity index (χ4v) is 2.89. The summed E-state index contributed by atoms with van der Waals surface area (Å²) in [5, 5.41) is 23.9. The first-order chi connectivity index (χ1) is 11.0. The van der Waals surface area contributed by atoms with Crippen LogP contribution in [0.5, 0.6) is 5.75 Å². The maximum absolute atomic E-state index is 11.6. The third-order valence-electron chi connectivity index (χ3n) is 3.94. The molecule has 2 N–H and O–H groups in total. The number of nitro groups is 1. The van der Waals surface area contributed by atoms with Crippen molar-refractivity contribution in [2.45, 2.75) is 5.92 Å². The Morgan fingerprint density at radius 2 is 2.13 bits per heavy atom. The number of methoxy groups -OCH3 is 1. The Balaban J connectivity index is 2.12. The van der Waals surface area contributed by atoms with Gasteiger partial charge in [0, 0.05) is 13.1 Å². The molecule has 0 aliphatic carbocycles. The highest BCUT2D eigenvalue weighted by Crippen LogP contribution is 2.37. The van der Waals surface area contributed by atoms with E-state index in [1.165, 1.54) is 18.1 Å². The number of hydrogen-bond acceptors (Lipinski definition) is 6. The molecule has 0 aromatic heterocycles. The average molecular weight is 317 g/mol. The number of carbonyl (C=O) groups is 1. The van der Waals surface area contributed by atoms with E-state index in [0.29, 0.717) is 24.4 Å². The fraction of sp³-hybridized carbons (Fsp3) is 0.267. The van der Waals surface area contributed by atoms with Gasteiger partial charge in [-0.2, -0.15) is 0 Å². The normalized spacial score (nSPS) is 19.8. The highest BCUT2D eigenvalue weighted by atomic mass is 16.6. The molecule has 8 nitrogen and oxygen atoms in total. The molecule has 1 atom stereocenters. The molecule has 1 saturated heterocycles. The van der Waals surface area contributed by atoms with E-state index in [1.54, 1.807) is 24.3 Å². The Labute approximate surface area is 131 Å². The van der Waals surface area contributed by atoms with E-state index < -0.39 is 16.8 Å². The van der Waals surface area contributed by atoms with Gasteiger partial charge in [0.15, 0.2) is 5.82 Å². The van der Waals surface area contributed by atoms with Crippen LogP contribution >= 0.6 is 0 Å². The minimum absolute atomic E-state index is 0.0438. The van der Waals surface area contributed by atoms with E-state index in [2.05, 4.69) is 5.32 Å². The van der Waals surface area contributed by atoms with Crippen LogP contribution in [0.1, 0.15) is 11.5 Å². The summed E-state index contributed by atoms with van der Waals surface area (Å²) in [5.74, 6) is -0.954. The van der Waals surface area contributed by atoms with Crippen LogP contribution in [-0.2, 0) is 4.79 Å². The molecule has 1 fully saturated rings. The number of hydrogen-bond donors (Lipinski definition) is 2. The van der Waals surface area contributed by atoms with Crippen molar-refractivity contribution >= 4 is 5.97 Å². The Bertz CT molecular complexity index is 723. The van der Waals surface area contributed by atoms with E-state index in [-0.39, 0.29) is 17.2 Å². The van der Waals surface area contributed by atoms with Crippen LogP contribution in [0.15, 0.2) is 47.6 Å². The molecule has 1 aromatic rings. The van der Waals surface area contributed by atoms with Gasteiger partial charge in [0.25, 0.3) is 5.70 Å². The third-order valence-corrected chi connectivity index (χ3v) is 3.94. The van der Waals surface area contributed by atoms with Gasteiger partial charge in [-0.25, -0.2) is 4.79 Å². The molecule has 3 rings (SSSR count). The van der Waals surface area contributed by atoms with Crippen molar-refractivity contribution in [1.82, 2.24) is 10.2 Å². The van der Waals surface area contributed by atoms with Crippen LogP contribution in [-0.4, -0.2) is 41.1 Å². The van der Waals surface area contributed by atoms with Gasteiger partial charge >= 0.3 is 5.97 Å². The van der Waals surface area contributed by atoms with Crippen LogP contribution in [0.4, 0.5) is 0 Å². The number of carboxylic acid groups (broad SMARTS) is 1. The second-order valence-corrected chi connectivity index (χ2v) is 5.18. The maximum Gasteiger partial charge on any atom is 0.352 e. The van der Waals surface area contributed by atoms with Crippen molar-refractivity contribution in [2.75, 3.05) is 20.2 Å². The lowest BCUT2D eigenvalue weighted by atomic mass is 9.92. The highest BCUT2D eigenvalue weighted by Gasteiger charge is 2.41. The van der Waals surface area contributed by atoms with Crippen molar-refractivity contribution in [2.24, 2.45) is 0 Å². The molecule has 1 aromatic carbocycles. The number of nitrogens with one attached hydrogen (secondary N) is 1. The van der Waals surface area contributed by atoms with E-state index >= 15 is 0 Å². The van der Waals surface area contributed by atoms with Gasteiger partial charge in [0.2, 0.25) is 0 Å². The van der Waals surface area contributed by atoms with Crippen molar-refractivity contribution in [1.29, 1.82) is 0 Å². The van der Waals surface area contributed by atoms with Gasteiger partial charge in [0.1, 0.15) is 11.4 Å². The van der Waals surface area contributed by atoms with E-state index in [4.69, 9.17) is 4.74 Å². The lowest BCUT2D eigenvalue weighted by Gasteiger charge is -2.27. The monoisotopic (exact) mass is 317 g/mol. The summed E-state index contributed by atoms with van der Waals surface area (Å²) in [4.78, 5) is 24.1. The molecule has 23 heavy (non-hydrogen) atoms. The number of aliphatic carboxylic acids is 1. The number of ether oxygens (including phenoxy) is 1. The summed E-state index contributed by atoms with van der Waals surface area (Å²) in [6.07, 6.45) is 1.43. The van der Waals surface area contributed by atoms with Crippen LogP contribution in [0, 0.1) is 10.1 Å². The molecule has 0 bridgehead atoms. The average Bonchev–Trinajstić information content (AvgIpc) is 3.02. The second kappa shape index (κ2) is 5.64. The first kappa shape index (κ1) is 14.9. The number of nitrogens with zero attached hydrogens (tertiary/aromatic N) is 2. The fourth-order valence-electron chi connectivity index (χ4n) is 2.89. The lowest BCUT2D eigenvalue weighted by molar-refractivity contribution is -0.431. The van der Waals surface area contributed by atoms with Crippen LogP contribution in [0.2, 0.25) is 0 Å². The summed E-state index contributed by atoms with van der Waals surface area (Å²) in [5.41, 5.74) is 0.645. The van der Waals surface area contributed by atoms with Gasteiger partial charge in [-0.15, -0.1) is 0 Å². The minimum atomic E-state index is -1.10. The van der Waals surface area contributed by atoms with Gasteiger partial charge in [-0.3, -0.25) is 10.1 Å². The van der Waals surface area contributed by atoms with Gasteiger partial charge < -0.3 is 20.1 Å². The number of fused-ring (bicyclic) bond motifs is 1. The summed E-state index contributed by atoms with van der Waals surface area (Å²) in [7, 11) is 1.53. The van der Waals surface area contributed by atoms with Gasteiger partial charge in [-0.05, 0) is 23.8 Å². The summed E-state index contributed by atoms with van der Waals surface area (Å²) < 4.78 is 5.08. The smallest absolute Gasteiger partial charge is 0.352 e. The number of allylic oxidation sites excluding steroid dienone is 1. The van der Waals surface area contributed by atoms with Crippen molar-refractivity contribution < 1.29 is 19.6 Å². The molecule has 2 heterocycles. The molecule has 0 spiro atoms. The number of benzene rings is 1. The Hall–Kier alpha value is -3.03. The molecular formula is C15H15N3O5. The topological polar surface area (TPSA) is 105 Å². The van der Waals surface area contributed by atoms with Gasteiger partial charge in [0.05, 0.1) is 18.0 Å². The van der Waals surface area contributed by atoms with Crippen molar-refractivity contribution in [3.63, 3.8) is 0 Å². The molecule has 2 aliphatic rings. The summed E-state index contributed by atoms with van der Waals surface area (Å²) in [6.45, 7) is 0.854. The van der Waals surface area contributed by atoms with E-state index in [9.17, 15) is 20.0 Å². The molecular weight excluding hydrogens is 302 g/mol. The zero-order chi connectivity index (χ0) is 16.6. The predicted octanol–water partition coefficient (Wildman–Crippen LogP) is 1.11. The SMILES string of the molecule is COc1ccc(C2C=C(C(=O)O)N3CCNC3=C2[N+](=O)[O-])cc1. The highest BCUT2D eigenvalue weighted by molar-refractivity contribution is 5.87. The molecule has 8 heteroatoms. The van der Waals surface area contributed by atoms with E-state index in [1.807, 2.05) is 0 Å². The minimum Gasteiger partial charge on any atom is -0.497 e. The molecule has 120 valence electrons. The molecule has 0 amide bonds. The lowest BCUT2D eigenvalue weighted by Crippen LogP contribution is -2.33. The molecule has 1 unspecified atom stereocenters. The second-order valence-electron chi connectivity index (χ2n) is 5.18. The molecule has 0 saturated carbocycles. The molecule has 0 radical (unpaired) electrons. The predicted molar refractivity (Wildman–Crippen MR) is 80.2 cm³/mol. The maximum atomic E-state index is 11.6. The van der Waals surface area contributed by atoms with Crippen LogP contribution in [0.3, 0.4) is 0 Å². The first-order valence-corrected chi connectivity index (χ1v) is 7.02. The molecule has 2 aliphatic heterocycles. The Morgan fingerprint density at radius 1 is 1.43 bits per heavy atom. The standard InChI is InChI=1S/C15H15N3O5/c1-23-10-4-2-9(3-5-10)11-8-12(15(19)20)17-7-6-16-14(17)13(11)18(21)22/h2-5,8,11,16H,6-7H2,1H3,(H,19,20). The summed E-state index contributed by atoms with van der Waals surface area (Å²) in [6, 6.07) is 6.79. The Morgan fingerprint density at radius 3 is 2.70 bits per heavy atom. The number of rotatable bonds is 4. The van der Waals surface area contributed by atoms with E-state index in [0.717, 1.165) is 0 Å². The zero-order valence-electron chi connectivity index (χ0n) is 12.4. The van der Waals surface area contributed by atoms with Crippen molar-refractivity contribution in [3.8, 4) is 5.75 Å². The van der Waals surface area contributed by atoms with Gasteiger partial charge in [-0.1, -0.05) is 12.1 Å². The summed E-state index contributed by atoms with van der Waals surface area (Å²) >= 11 is 0. The van der Waals surface area contributed by atoms with Crippen LogP contribution in [0.25, 0.3) is 0 Å². The number of carboxylic acids is 1. The van der Waals surface area contributed by atoms with Crippen LogP contribution < -0.4 is 10.1 Å².